The van der Waals surface area contributed by atoms with E-state index in [1.807, 2.05) is 0 Å². The van der Waals surface area contributed by atoms with Crippen LogP contribution in [0, 0.1) is 0 Å². The van der Waals surface area contributed by atoms with Crippen LogP contribution in [0.3, 0.4) is 0 Å². The van der Waals surface area contributed by atoms with Gasteiger partial charge in [-0.05, 0) is 31.5 Å². The zero-order chi connectivity index (χ0) is 21.7. The molecule has 0 saturated carbocycles. The number of aromatic nitrogens is 5. The summed E-state index contributed by atoms with van der Waals surface area (Å²) in [5.41, 5.74) is 12.0. The van der Waals surface area contributed by atoms with Crippen LogP contribution in [0.5, 0.6) is 0 Å². The zero-order valence-electron chi connectivity index (χ0n) is 16.7. The van der Waals surface area contributed by atoms with Crippen LogP contribution in [0.2, 0.25) is 0 Å². The Morgan fingerprint density at radius 3 is 2.80 bits per heavy atom. The minimum atomic E-state index is -0.715. The first-order valence-corrected chi connectivity index (χ1v) is 10.3. The van der Waals surface area contributed by atoms with Crippen molar-refractivity contribution in [2.45, 2.75) is 48.5 Å². The topological polar surface area (TPSA) is 169 Å². The van der Waals surface area contributed by atoms with Crippen LogP contribution in [0.15, 0.2) is 29.0 Å². The lowest BCUT2D eigenvalue weighted by Crippen LogP contribution is -2.36. The van der Waals surface area contributed by atoms with Crippen LogP contribution >= 0.6 is 11.8 Å². The number of nitrogen functional groups attached to an aromatic ring is 1. The third-order valence-electron chi connectivity index (χ3n) is 4.39. The number of nitrogens with one attached hydrogen (secondary N) is 1. The van der Waals surface area contributed by atoms with Gasteiger partial charge in [-0.25, -0.2) is 9.97 Å². The van der Waals surface area contributed by atoms with E-state index in [1.165, 1.54) is 11.8 Å². The first-order chi connectivity index (χ1) is 14.4. The highest BCUT2D eigenvalue weighted by atomic mass is 32.2. The van der Waals surface area contributed by atoms with Crippen molar-refractivity contribution in [3.8, 4) is 0 Å². The second-order valence-corrected chi connectivity index (χ2v) is 7.83. The lowest BCUT2D eigenvalue weighted by molar-refractivity contribution is -0.117. The third kappa shape index (κ3) is 5.62. The van der Waals surface area contributed by atoms with Gasteiger partial charge in [0.05, 0.1) is 24.0 Å². The number of piperidine rings is 1. The second-order valence-electron chi connectivity index (χ2n) is 6.87. The number of hydrogen-bond donors (Lipinski definition) is 4. The molecule has 2 aromatic rings. The number of allylic oxidation sites excluding steroid dienone is 1. The van der Waals surface area contributed by atoms with E-state index < -0.39 is 11.9 Å². The van der Waals surface area contributed by atoms with Crippen molar-refractivity contribution in [2.75, 3.05) is 29.0 Å². The van der Waals surface area contributed by atoms with Gasteiger partial charge in [-0.2, -0.15) is 15.0 Å². The Kier molecular flexibility index (Phi) is 7.13. The standard InChI is InChI=1S/C18H25N9O2S/c1-3-4-12-15(21-9-13(22-12)27-7-5-11(28)6-8-27)30-18-25-16(20)24-17(26-18)23-14(29)10(2)19/h3,9-11,28H,1,4-8,19H2,2H3,(H3,20,23,24,25,26,29). The minimum absolute atomic E-state index is 0.0222. The first kappa shape index (κ1) is 21.9. The Morgan fingerprint density at radius 1 is 1.40 bits per heavy atom. The molecule has 1 fully saturated rings. The zero-order valence-corrected chi connectivity index (χ0v) is 17.5. The molecular weight excluding hydrogens is 406 g/mol. The normalized spacial score (nSPS) is 15.6. The molecule has 1 atom stereocenters. The van der Waals surface area contributed by atoms with Gasteiger partial charge < -0.3 is 21.5 Å². The molecule has 160 valence electrons. The molecule has 3 heterocycles. The molecule has 30 heavy (non-hydrogen) atoms. The van der Waals surface area contributed by atoms with E-state index in [4.69, 9.17) is 16.5 Å². The van der Waals surface area contributed by atoms with Crippen molar-refractivity contribution in [3.63, 3.8) is 0 Å². The summed E-state index contributed by atoms with van der Waals surface area (Å²) in [6, 6.07) is -0.715. The van der Waals surface area contributed by atoms with Gasteiger partial charge >= 0.3 is 0 Å². The average Bonchev–Trinajstić information content (AvgIpc) is 2.69. The van der Waals surface area contributed by atoms with Gasteiger partial charge in [0.15, 0.2) is 0 Å². The number of rotatable bonds is 7. The smallest absolute Gasteiger partial charge is 0.243 e. The van der Waals surface area contributed by atoms with E-state index in [1.54, 1.807) is 19.2 Å². The van der Waals surface area contributed by atoms with Crippen molar-refractivity contribution in [1.82, 2.24) is 24.9 Å². The maximum absolute atomic E-state index is 11.8. The van der Waals surface area contributed by atoms with Crippen molar-refractivity contribution in [1.29, 1.82) is 0 Å². The highest BCUT2D eigenvalue weighted by Crippen LogP contribution is 2.28. The van der Waals surface area contributed by atoms with Crippen LogP contribution in [0.25, 0.3) is 0 Å². The molecule has 1 amide bonds. The Morgan fingerprint density at radius 2 is 2.13 bits per heavy atom. The van der Waals surface area contributed by atoms with Crippen molar-refractivity contribution >= 4 is 35.4 Å². The number of amides is 1. The molecule has 1 unspecified atom stereocenters. The molecule has 6 N–H and O–H groups in total. The summed E-state index contributed by atoms with van der Waals surface area (Å²) >= 11 is 1.17. The number of nitrogens with two attached hydrogens (primary N) is 2. The predicted molar refractivity (Wildman–Crippen MR) is 114 cm³/mol. The van der Waals surface area contributed by atoms with Crippen molar-refractivity contribution in [2.24, 2.45) is 5.73 Å². The first-order valence-electron chi connectivity index (χ1n) is 9.51. The molecule has 0 aromatic carbocycles. The van der Waals surface area contributed by atoms with Crippen LogP contribution in [-0.4, -0.2) is 61.2 Å². The number of hydrogen-bond acceptors (Lipinski definition) is 11. The highest BCUT2D eigenvalue weighted by Gasteiger charge is 2.20. The van der Waals surface area contributed by atoms with E-state index in [9.17, 15) is 9.90 Å². The summed E-state index contributed by atoms with van der Waals surface area (Å²) in [5.74, 6) is 0.311. The molecule has 1 aliphatic heterocycles. The van der Waals surface area contributed by atoms with Crippen LogP contribution in [0.4, 0.5) is 17.7 Å². The van der Waals surface area contributed by atoms with Gasteiger partial charge in [0.1, 0.15) is 10.8 Å². The molecule has 1 saturated heterocycles. The Balaban J connectivity index is 1.82. The van der Waals surface area contributed by atoms with Gasteiger partial charge in [-0.1, -0.05) is 6.08 Å². The summed E-state index contributed by atoms with van der Waals surface area (Å²) in [7, 11) is 0. The molecule has 0 bridgehead atoms. The number of nitrogens with zero attached hydrogens (tertiary/aromatic N) is 6. The average molecular weight is 432 g/mol. The quantitative estimate of drug-likeness (QED) is 0.447. The van der Waals surface area contributed by atoms with Crippen LogP contribution in [-0.2, 0) is 11.2 Å². The number of carbonyl (C=O) groups excluding carboxylic acids is 1. The summed E-state index contributed by atoms with van der Waals surface area (Å²) < 4.78 is 0. The van der Waals surface area contributed by atoms with E-state index >= 15 is 0 Å². The van der Waals surface area contributed by atoms with Crippen LogP contribution < -0.4 is 21.7 Å². The Labute approximate surface area is 178 Å². The van der Waals surface area contributed by atoms with E-state index in [0.29, 0.717) is 24.3 Å². The fourth-order valence-corrected chi connectivity index (χ4v) is 3.59. The monoisotopic (exact) mass is 431 g/mol. The van der Waals surface area contributed by atoms with Crippen molar-refractivity contribution < 1.29 is 9.90 Å². The van der Waals surface area contributed by atoms with Gasteiger partial charge in [-0.3, -0.25) is 10.1 Å². The third-order valence-corrected chi connectivity index (χ3v) is 5.29. The lowest BCUT2D eigenvalue weighted by Gasteiger charge is -2.30. The Bertz CT molecular complexity index is 917. The summed E-state index contributed by atoms with van der Waals surface area (Å²) in [5, 5.41) is 13.1. The van der Waals surface area contributed by atoms with Gasteiger partial charge in [0, 0.05) is 19.5 Å². The predicted octanol–water partition coefficient (Wildman–Crippen LogP) is 0.370. The molecule has 3 rings (SSSR count). The van der Waals surface area contributed by atoms with Gasteiger partial charge in [-0.15, -0.1) is 6.58 Å². The van der Waals surface area contributed by atoms with E-state index in [0.717, 1.165) is 24.6 Å². The SMILES string of the molecule is C=CCc1nc(N2CCC(O)CC2)cnc1Sc1nc(N)nc(NC(=O)C(C)N)n1. The van der Waals surface area contributed by atoms with E-state index in [-0.39, 0.29) is 23.2 Å². The maximum atomic E-state index is 11.8. The second kappa shape index (κ2) is 9.78. The molecular formula is C18H25N9O2S. The number of aliphatic hydroxyl groups is 1. The van der Waals surface area contributed by atoms with Crippen LogP contribution in [0.1, 0.15) is 25.5 Å². The summed E-state index contributed by atoms with van der Waals surface area (Å²) in [6.07, 6.45) is 5.09. The molecule has 11 nitrogen and oxygen atoms in total. The Hall–Kier alpha value is -2.83. The fraction of sp³-hybridized carbons (Fsp3) is 0.444. The maximum Gasteiger partial charge on any atom is 0.243 e. The van der Waals surface area contributed by atoms with Gasteiger partial charge in [0.2, 0.25) is 23.0 Å². The lowest BCUT2D eigenvalue weighted by atomic mass is 10.1. The molecule has 1 aliphatic rings. The number of carbonyl (C=O) groups is 1. The highest BCUT2D eigenvalue weighted by molar-refractivity contribution is 7.99. The van der Waals surface area contributed by atoms with Gasteiger partial charge in [0.25, 0.3) is 0 Å². The van der Waals surface area contributed by atoms with Crippen molar-refractivity contribution in [3.05, 3.63) is 24.5 Å². The minimum Gasteiger partial charge on any atom is -0.393 e. The molecule has 2 aromatic heterocycles. The summed E-state index contributed by atoms with van der Waals surface area (Å²) in [6.45, 7) is 6.79. The molecule has 0 aliphatic carbocycles. The molecule has 0 spiro atoms. The largest absolute Gasteiger partial charge is 0.393 e. The molecule has 12 heteroatoms. The number of aliphatic hydroxyl groups excluding tert-OH is 1. The molecule has 0 radical (unpaired) electrons. The summed E-state index contributed by atoms with van der Waals surface area (Å²) in [4.78, 5) is 35.4. The number of anilines is 3. The fourth-order valence-electron chi connectivity index (χ4n) is 2.79. The van der Waals surface area contributed by atoms with E-state index in [2.05, 4.69) is 36.7 Å².